The van der Waals surface area contributed by atoms with E-state index < -0.39 is 6.04 Å². The van der Waals surface area contributed by atoms with Crippen molar-refractivity contribution in [2.75, 3.05) is 13.2 Å². The Balaban J connectivity index is 4.07. The number of aliphatic hydroxyl groups is 1. The number of carbonyl (C=O) groups is 1. The van der Waals surface area contributed by atoms with Crippen LogP contribution >= 0.6 is 0 Å². The van der Waals surface area contributed by atoms with Crippen molar-refractivity contribution in [3.63, 3.8) is 0 Å². The lowest BCUT2D eigenvalue weighted by molar-refractivity contribution is -0.123. The van der Waals surface area contributed by atoms with Crippen molar-refractivity contribution in [3.05, 3.63) is 0 Å². The predicted molar refractivity (Wildman–Crippen MR) is 70.5 cm³/mol. The minimum absolute atomic E-state index is 0.0910. The van der Waals surface area contributed by atoms with Gasteiger partial charge < -0.3 is 16.2 Å². The van der Waals surface area contributed by atoms with Crippen molar-refractivity contribution in [2.45, 2.75) is 46.6 Å². The van der Waals surface area contributed by atoms with E-state index in [1.165, 1.54) is 0 Å². The number of aliphatic hydroxyl groups excluding tert-OH is 1. The third-order valence-corrected chi connectivity index (χ3v) is 2.93. The molecular weight excluding hydrogens is 216 g/mol. The molecule has 102 valence electrons. The zero-order valence-corrected chi connectivity index (χ0v) is 11.6. The van der Waals surface area contributed by atoms with Gasteiger partial charge in [0.25, 0.3) is 0 Å². The minimum atomic E-state index is -0.441. The maximum Gasteiger partial charge on any atom is 0.237 e. The molecule has 0 aliphatic carbocycles. The van der Waals surface area contributed by atoms with E-state index in [0.29, 0.717) is 18.4 Å². The molecule has 0 aromatic carbocycles. The average molecular weight is 244 g/mol. The van der Waals surface area contributed by atoms with Crippen LogP contribution in [0.4, 0.5) is 0 Å². The van der Waals surface area contributed by atoms with Crippen LogP contribution in [-0.4, -0.2) is 30.2 Å². The Hall–Kier alpha value is -0.610. The van der Waals surface area contributed by atoms with Gasteiger partial charge in [-0.15, -0.1) is 0 Å². The van der Waals surface area contributed by atoms with Crippen LogP contribution in [0.2, 0.25) is 0 Å². The Morgan fingerprint density at radius 3 is 2.29 bits per heavy atom. The van der Waals surface area contributed by atoms with E-state index in [9.17, 15) is 4.79 Å². The van der Waals surface area contributed by atoms with E-state index in [0.717, 1.165) is 12.8 Å². The van der Waals surface area contributed by atoms with Crippen LogP contribution in [0.5, 0.6) is 0 Å². The van der Waals surface area contributed by atoms with Crippen LogP contribution in [0.25, 0.3) is 0 Å². The number of nitrogens with two attached hydrogens (primary N) is 1. The molecule has 0 fully saturated rings. The summed E-state index contributed by atoms with van der Waals surface area (Å²) >= 11 is 0. The fourth-order valence-electron chi connectivity index (χ4n) is 1.82. The highest BCUT2D eigenvalue weighted by atomic mass is 16.3. The molecular formula is C13H28N2O2. The number of hydrogen-bond donors (Lipinski definition) is 3. The van der Waals surface area contributed by atoms with Crippen molar-refractivity contribution >= 4 is 5.91 Å². The Morgan fingerprint density at radius 1 is 1.29 bits per heavy atom. The molecule has 0 bridgehead atoms. The van der Waals surface area contributed by atoms with Gasteiger partial charge in [-0.1, -0.05) is 27.7 Å². The molecule has 4 heteroatoms. The summed E-state index contributed by atoms with van der Waals surface area (Å²) in [4.78, 5) is 11.7. The number of carbonyl (C=O) groups excluding carboxylic acids is 1. The molecule has 0 aromatic rings. The van der Waals surface area contributed by atoms with Gasteiger partial charge in [0.05, 0.1) is 6.04 Å². The third kappa shape index (κ3) is 7.34. The number of rotatable bonds is 8. The third-order valence-electron chi connectivity index (χ3n) is 2.93. The van der Waals surface area contributed by atoms with Crippen molar-refractivity contribution in [3.8, 4) is 0 Å². The van der Waals surface area contributed by atoms with Crippen molar-refractivity contribution in [2.24, 2.45) is 23.5 Å². The summed E-state index contributed by atoms with van der Waals surface area (Å²) < 4.78 is 0. The molecule has 4 N–H and O–H groups in total. The van der Waals surface area contributed by atoms with E-state index in [-0.39, 0.29) is 18.4 Å². The van der Waals surface area contributed by atoms with Gasteiger partial charge in [-0.2, -0.15) is 0 Å². The van der Waals surface area contributed by atoms with Gasteiger partial charge in [0, 0.05) is 13.2 Å². The molecule has 0 aromatic heterocycles. The lowest BCUT2D eigenvalue weighted by Gasteiger charge is -2.21. The summed E-state index contributed by atoms with van der Waals surface area (Å²) in [5.41, 5.74) is 5.76. The summed E-state index contributed by atoms with van der Waals surface area (Å²) in [6.07, 6.45) is 1.74. The highest BCUT2D eigenvalue weighted by Crippen LogP contribution is 2.14. The van der Waals surface area contributed by atoms with Gasteiger partial charge in [-0.05, 0) is 30.6 Å². The molecule has 1 unspecified atom stereocenters. The molecule has 2 atom stereocenters. The lowest BCUT2D eigenvalue weighted by atomic mass is 9.94. The van der Waals surface area contributed by atoms with Gasteiger partial charge >= 0.3 is 0 Å². The quantitative estimate of drug-likeness (QED) is 0.599. The van der Waals surface area contributed by atoms with Crippen LogP contribution in [0, 0.1) is 17.8 Å². The lowest BCUT2D eigenvalue weighted by Crippen LogP contribution is -2.45. The van der Waals surface area contributed by atoms with E-state index in [1.807, 2.05) is 13.8 Å². The van der Waals surface area contributed by atoms with Gasteiger partial charge in [-0.3, -0.25) is 4.79 Å². The van der Waals surface area contributed by atoms with Gasteiger partial charge in [0.1, 0.15) is 0 Å². The number of hydrogen-bond acceptors (Lipinski definition) is 3. The normalized spacial score (nSPS) is 15.1. The first-order valence-electron chi connectivity index (χ1n) is 6.52. The summed E-state index contributed by atoms with van der Waals surface area (Å²) in [5, 5.41) is 11.9. The zero-order valence-electron chi connectivity index (χ0n) is 11.6. The first-order chi connectivity index (χ1) is 7.88. The molecule has 0 aliphatic heterocycles. The number of amides is 1. The molecule has 0 spiro atoms. The number of nitrogens with one attached hydrogen (secondary N) is 1. The van der Waals surface area contributed by atoms with E-state index >= 15 is 0 Å². The molecule has 0 rings (SSSR count). The topological polar surface area (TPSA) is 75.3 Å². The second-order valence-corrected chi connectivity index (χ2v) is 5.52. The maximum atomic E-state index is 11.7. The van der Waals surface area contributed by atoms with Crippen molar-refractivity contribution < 1.29 is 9.90 Å². The molecule has 0 aliphatic rings. The second-order valence-electron chi connectivity index (χ2n) is 5.52. The Kier molecular flexibility index (Phi) is 8.17. The van der Waals surface area contributed by atoms with Crippen molar-refractivity contribution in [1.29, 1.82) is 0 Å². The fraction of sp³-hybridized carbons (Fsp3) is 0.923. The summed E-state index contributed by atoms with van der Waals surface area (Å²) in [6, 6.07) is -0.441. The van der Waals surface area contributed by atoms with Crippen molar-refractivity contribution in [1.82, 2.24) is 5.32 Å². The summed E-state index contributed by atoms with van der Waals surface area (Å²) in [5.74, 6) is 0.966. The molecule has 0 saturated heterocycles. The van der Waals surface area contributed by atoms with Crippen LogP contribution < -0.4 is 11.1 Å². The predicted octanol–water partition coefficient (Wildman–Crippen LogP) is 1.13. The molecule has 17 heavy (non-hydrogen) atoms. The molecule has 0 saturated carbocycles. The Morgan fingerprint density at radius 2 is 1.88 bits per heavy atom. The highest BCUT2D eigenvalue weighted by Gasteiger charge is 2.18. The first kappa shape index (κ1) is 16.4. The van der Waals surface area contributed by atoms with E-state index in [1.54, 1.807) is 0 Å². The van der Waals surface area contributed by atoms with Crippen LogP contribution in [0.3, 0.4) is 0 Å². The fourth-order valence-corrected chi connectivity index (χ4v) is 1.82. The SMILES string of the molecule is CC(C)CC(CCO)CNC(=O)[C@@H](N)C(C)C. The minimum Gasteiger partial charge on any atom is -0.396 e. The largest absolute Gasteiger partial charge is 0.396 e. The Labute approximate surface area is 105 Å². The van der Waals surface area contributed by atoms with E-state index in [2.05, 4.69) is 19.2 Å². The standard InChI is InChI=1S/C13H28N2O2/c1-9(2)7-11(5-6-16)8-15-13(17)12(14)10(3)4/h9-12,16H,5-8,14H2,1-4H3,(H,15,17)/t11?,12-/m0/s1. The van der Waals surface area contributed by atoms with Crippen LogP contribution in [0.1, 0.15) is 40.5 Å². The highest BCUT2D eigenvalue weighted by molar-refractivity contribution is 5.81. The monoisotopic (exact) mass is 244 g/mol. The van der Waals surface area contributed by atoms with Crippen LogP contribution in [0.15, 0.2) is 0 Å². The summed E-state index contributed by atoms with van der Waals surface area (Å²) in [6.45, 7) is 8.94. The summed E-state index contributed by atoms with van der Waals surface area (Å²) in [7, 11) is 0. The van der Waals surface area contributed by atoms with Gasteiger partial charge in [0.15, 0.2) is 0 Å². The molecule has 0 radical (unpaired) electrons. The van der Waals surface area contributed by atoms with E-state index in [4.69, 9.17) is 10.8 Å². The molecule has 1 amide bonds. The zero-order chi connectivity index (χ0) is 13.4. The Bertz CT molecular complexity index is 217. The molecule has 0 heterocycles. The van der Waals surface area contributed by atoms with Gasteiger partial charge in [-0.25, -0.2) is 0 Å². The van der Waals surface area contributed by atoms with Gasteiger partial charge in [0.2, 0.25) is 5.91 Å². The first-order valence-corrected chi connectivity index (χ1v) is 6.52. The average Bonchev–Trinajstić information content (AvgIpc) is 2.23. The van der Waals surface area contributed by atoms with Crippen LogP contribution in [-0.2, 0) is 4.79 Å². The molecule has 4 nitrogen and oxygen atoms in total. The maximum absolute atomic E-state index is 11.7. The smallest absolute Gasteiger partial charge is 0.237 e. The second kappa shape index (κ2) is 8.48.